The van der Waals surface area contributed by atoms with E-state index in [1.165, 1.54) is 4.68 Å². The van der Waals surface area contributed by atoms with Gasteiger partial charge >= 0.3 is 0 Å². The van der Waals surface area contributed by atoms with Crippen molar-refractivity contribution in [1.29, 1.82) is 0 Å². The molecule has 2 N–H and O–H groups in total. The van der Waals surface area contributed by atoms with Crippen molar-refractivity contribution in [3.63, 3.8) is 0 Å². The molecule has 0 bridgehead atoms. The highest BCUT2D eigenvalue weighted by atomic mass is 19.1. The molecule has 0 spiro atoms. The van der Waals surface area contributed by atoms with Gasteiger partial charge in [0.25, 0.3) is 0 Å². The molecule has 1 aliphatic carbocycles. The molecular formula is C8H12FN3. The number of aromatic nitrogens is 2. The van der Waals surface area contributed by atoms with Crippen molar-refractivity contribution >= 4 is 0 Å². The zero-order chi connectivity index (χ0) is 8.55. The quantitative estimate of drug-likeness (QED) is 0.729. The second-order valence-corrected chi connectivity index (χ2v) is 3.18. The lowest BCUT2D eigenvalue weighted by Crippen LogP contribution is -2.05. The van der Waals surface area contributed by atoms with Gasteiger partial charge in [0.1, 0.15) is 0 Å². The van der Waals surface area contributed by atoms with Crippen LogP contribution in [0.15, 0.2) is 6.20 Å². The fourth-order valence-electron chi connectivity index (χ4n) is 1.28. The Bertz CT molecular complexity index is 278. The number of halogens is 1. The van der Waals surface area contributed by atoms with Gasteiger partial charge in [-0.2, -0.15) is 9.49 Å². The number of nitrogens with zero attached hydrogens (tertiary/aromatic N) is 2. The lowest BCUT2D eigenvalue weighted by molar-refractivity contribution is 0.456. The summed E-state index contributed by atoms with van der Waals surface area (Å²) < 4.78 is 14.8. The molecule has 0 aromatic carbocycles. The van der Waals surface area contributed by atoms with E-state index in [4.69, 9.17) is 5.73 Å². The minimum atomic E-state index is -0.192. The third-order valence-electron chi connectivity index (χ3n) is 2.11. The van der Waals surface area contributed by atoms with Crippen LogP contribution >= 0.6 is 0 Å². The zero-order valence-electron chi connectivity index (χ0n) is 6.83. The van der Waals surface area contributed by atoms with Gasteiger partial charge in [-0.1, -0.05) is 0 Å². The second kappa shape index (κ2) is 2.86. The van der Waals surface area contributed by atoms with Crippen molar-refractivity contribution in [2.24, 2.45) is 5.73 Å². The number of rotatable bonds is 3. The molecule has 0 aliphatic heterocycles. The average Bonchev–Trinajstić information content (AvgIpc) is 2.82. The normalized spacial score (nSPS) is 16.8. The van der Waals surface area contributed by atoms with E-state index in [0.717, 1.165) is 12.8 Å². The lowest BCUT2D eigenvalue weighted by atomic mass is 10.2. The lowest BCUT2D eigenvalue weighted by Gasteiger charge is -1.97. The first-order valence-corrected chi connectivity index (χ1v) is 4.25. The Balaban J connectivity index is 2.21. The smallest absolute Gasteiger partial charge is 0.214 e. The fraction of sp³-hybridized carbons (Fsp3) is 0.625. The van der Waals surface area contributed by atoms with Crippen LogP contribution in [-0.4, -0.2) is 16.3 Å². The SMILES string of the molecule is NCCc1cnn(C2CC2)c1F. The predicted molar refractivity (Wildman–Crippen MR) is 43.2 cm³/mol. The van der Waals surface area contributed by atoms with E-state index in [0.29, 0.717) is 24.6 Å². The Labute approximate surface area is 70.4 Å². The molecule has 2 rings (SSSR count). The first-order valence-electron chi connectivity index (χ1n) is 4.25. The topological polar surface area (TPSA) is 43.8 Å². The molecule has 1 saturated carbocycles. The largest absolute Gasteiger partial charge is 0.330 e. The minimum absolute atomic E-state index is 0.192. The molecule has 0 radical (unpaired) electrons. The molecule has 0 amide bonds. The maximum absolute atomic E-state index is 13.4. The van der Waals surface area contributed by atoms with E-state index in [2.05, 4.69) is 5.10 Å². The zero-order valence-corrected chi connectivity index (χ0v) is 6.83. The third kappa shape index (κ3) is 1.22. The van der Waals surface area contributed by atoms with Crippen LogP contribution in [0.5, 0.6) is 0 Å². The molecule has 66 valence electrons. The Morgan fingerprint density at radius 2 is 2.42 bits per heavy atom. The monoisotopic (exact) mass is 169 g/mol. The number of nitrogens with two attached hydrogens (primary N) is 1. The summed E-state index contributed by atoms with van der Waals surface area (Å²) in [7, 11) is 0. The van der Waals surface area contributed by atoms with Crippen LogP contribution in [0.25, 0.3) is 0 Å². The van der Waals surface area contributed by atoms with Crippen molar-refractivity contribution in [1.82, 2.24) is 9.78 Å². The number of hydrogen-bond acceptors (Lipinski definition) is 2. The molecule has 0 unspecified atom stereocenters. The Kier molecular flexibility index (Phi) is 1.84. The molecule has 4 heteroatoms. The van der Waals surface area contributed by atoms with Crippen molar-refractivity contribution in [3.8, 4) is 0 Å². The highest BCUT2D eigenvalue weighted by molar-refractivity contribution is 5.08. The van der Waals surface area contributed by atoms with Gasteiger partial charge in [0, 0.05) is 5.56 Å². The van der Waals surface area contributed by atoms with Crippen LogP contribution in [0, 0.1) is 5.95 Å². The summed E-state index contributed by atoms with van der Waals surface area (Å²) in [6, 6.07) is 0.316. The number of hydrogen-bond donors (Lipinski definition) is 1. The summed E-state index contributed by atoms with van der Waals surface area (Å²) in [5.41, 5.74) is 5.97. The van der Waals surface area contributed by atoms with Crippen molar-refractivity contribution in [2.45, 2.75) is 25.3 Å². The standard InChI is InChI=1S/C8H12FN3/c9-8-6(3-4-10)5-11-12(8)7-1-2-7/h5,7H,1-4,10H2. The molecule has 12 heavy (non-hydrogen) atoms. The van der Waals surface area contributed by atoms with Gasteiger partial charge in [-0.15, -0.1) is 0 Å². The van der Waals surface area contributed by atoms with Gasteiger partial charge in [0.2, 0.25) is 5.95 Å². The predicted octanol–water partition coefficient (Wildman–Crippen LogP) is 0.858. The van der Waals surface area contributed by atoms with Gasteiger partial charge < -0.3 is 5.73 Å². The summed E-state index contributed by atoms with van der Waals surface area (Å²) in [6.07, 6.45) is 4.28. The van der Waals surface area contributed by atoms with Crippen LogP contribution < -0.4 is 5.73 Å². The highest BCUT2D eigenvalue weighted by Gasteiger charge is 2.27. The van der Waals surface area contributed by atoms with Gasteiger partial charge in [-0.05, 0) is 25.8 Å². The van der Waals surface area contributed by atoms with Gasteiger partial charge in [-0.25, -0.2) is 4.68 Å². The van der Waals surface area contributed by atoms with Crippen molar-refractivity contribution in [3.05, 3.63) is 17.7 Å². The van der Waals surface area contributed by atoms with Crippen LogP contribution in [-0.2, 0) is 6.42 Å². The third-order valence-corrected chi connectivity index (χ3v) is 2.11. The summed E-state index contributed by atoms with van der Waals surface area (Å²) in [6.45, 7) is 0.479. The van der Waals surface area contributed by atoms with Gasteiger partial charge in [0.15, 0.2) is 0 Å². The Hall–Kier alpha value is -0.900. The average molecular weight is 169 g/mol. The highest BCUT2D eigenvalue weighted by Crippen LogP contribution is 2.35. The first kappa shape index (κ1) is 7.73. The molecular weight excluding hydrogens is 157 g/mol. The molecule has 0 saturated heterocycles. The van der Waals surface area contributed by atoms with Crippen molar-refractivity contribution < 1.29 is 4.39 Å². The Morgan fingerprint density at radius 1 is 1.67 bits per heavy atom. The van der Waals surface area contributed by atoms with Gasteiger partial charge in [0.05, 0.1) is 12.2 Å². The molecule has 1 aromatic heterocycles. The molecule has 3 nitrogen and oxygen atoms in total. The molecule has 1 aromatic rings. The minimum Gasteiger partial charge on any atom is -0.330 e. The van der Waals surface area contributed by atoms with Crippen LogP contribution in [0.1, 0.15) is 24.4 Å². The Morgan fingerprint density at radius 3 is 3.00 bits per heavy atom. The van der Waals surface area contributed by atoms with E-state index in [-0.39, 0.29) is 5.95 Å². The van der Waals surface area contributed by atoms with Crippen LogP contribution in [0.3, 0.4) is 0 Å². The second-order valence-electron chi connectivity index (χ2n) is 3.18. The van der Waals surface area contributed by atoms with E-state index >= 15 is 0 Å². The van der Waals surface area contributed by atoms with Crippen LogP contribution in [0.2, 0.25) is 0 Å². The van der Waals surface area contributed by atoms with Crippen LogP contribution in [0.4, 0.5) is 4.39 Å². The summed E-state index contributed by atoms with van der Waals surface area (Å²) in [5.74, 6) is -0.192. The molecule has 1 aliphatic rings. The molecule has 1 fully saturated rings. The van der Waals surface area contributed by atoms with E-state index in [9.17, 15) is 4.39 Å². The molecule has 1 heterocycles. The van der Waals surface area contributed by atoms with E-state index in [1.807, 2.05) is 0 Å². The van der Waals surface area contributed by atoms with E-state index in [1.54, 1.807) is 6.20 Å². The molecule has 0 atom stereocenters. The maximum Gasteiger partial charge on any atom is 0.214 e. The fourth-order valence-corrected chi connectivity index (χ4v) is 1.28. The maximum atomic E-state index is 13.4. The summed E-state index contributed by atoms with van der Waals surface area (Å²) >= 11 is 0. The summed E-state index contributed by atoms with van der Waals surface area (Å²) in [5, 5.41) is 3.98. The van der Waals surface area contributed by atoms with E-state index < -0.39 is 0 Å². The van der Waals surface area contributed by atoms with Crippen molar-refractivity contribution in [2.75, 3.05) is 6.54 Å². The van der Waals surface area contributed by atoms with Gasteiger partial charge in [-0.3, -0.25) is 0 Å². The first-order chi connectivity index (χ1) is 5.83. The summed E-state index contributed by atoms with van der Waals surface area (Å²) in [4.78, 5) is 0.